The first kappa shape index (κ1) is 90.3. The highest BCUT2D eigenvalue weighted by atomic mass is 16.6. The Kier molecular flexibility index (Phi) is 28.2. The van der Waals surface area contributed by atoms with Gasteiger partial charge in [-0.1, -0.05) is 68.1 Å². The maximum atomic E-state index is 13.2. The summed E-state index contributed by atoms with van der Waals surface area (Å²) >= 11 is 0. The Balaban J connectivity index is 0.000000149. The SMILES string of the molecule is C.COc1ccc([C@@H]2C[C@H]3CC[C@@H]([C@H]2CO)N3C(=O)OC(C)(C)C)cc1.COc1ccc([C@@H]2C[C@H]3CC[C@@H]([C@H]2COc2ccc4c(c2)C(=O)NC4)N3C(=O)OC(C)(C)C)cc1.COc1ccc([C@H]2C[C@H]3CC[C@@H]([C@@H]2CO)N3C(=O)OC(C)(C)C)cc1.COc1ccc([C@H]2C[C@H]3CC[C@@H]([C@@H]2COc2ccc4c(c2)C(=O)NC4)N3C(=O)OC(C)(C)C)cc1. The fourth-order valence-corrected chi connectivity index (χ4v) is 20.4. The highest BCUT2D eigenvalue weighted by Crippen LogP contribution is 2.53. The fraction of sp³-hybridized carbons (Fsp3) is 0.567. The predicted molar refractivity (Wildman–Crippen MR) is 462 cm³/mol. The number of hydrogen-bond donors (Lipinski definition) is 4. The molecule has 0 unspecified atom stereocenters. The zero-order valence-corrected chi connectivity index (χ0v) is 72.9. The van der Waals surface area contributed by atoms with Crippen LogP contribution >= 0.6 is 0 Å². The maximum absolute atomic E-state index is 13.2. The van der Waals surface area contributed by atoms with E-state index in [0.29, 0.717) is 48.9 Å². The van der Waals surface area contributed by atoms with E-state index in [4.69, 9.17) is 47.4 Å². The summed E-state index contributed by atoms with van der Waals surface area (Å²) in [5.74, 6) is 5.83. The van der Waals surface area contributed by atoms with Crippen LogP contribution in [0, 0.1) is 23.7 Å². The molecular weight excluding hydrogens is 1540 g/mol. The third-order valence-corrected chi connectivity index (χ3v) is 25.8. The van der Waals surface area contributed by atoms with E-state index in [1.54, 1.807) is 28.4 Å². The fourth-order valence-electron chi connectivity index (χ4n) is 20.4. The van der Waals surface area contributed by atoms with Gasteiger partial charge in [0, 0.05) is 109 Å². The molecule has 24 heteroatoms. The number of hydrogen-bond acceptors (Lipinski definition) is 18. The first-order valence-corrected chi connectivity index (χ1v) is 43.0. The van der Waals surface area contributed by atoms with Crippen LogP contribution in [-0.2, 0) is 32.0 Å². The van der Waals surface area contributed by atoms with Crippen LogP contribution in [0.5, 0.6) is 34.5 Å². The molecule has 8 bridgehead atoms. The van der Waals surface area contributed by atoms with Crippen molar-refractivity contribution < 1.29 is 86.3 Å². The minimum absolute atomic E-state index is 0. The van der Waals surface area contributed by atoms with Crippen LogP contribution in [0.25, 0.3) is 0 Å². The Hall–Kier alpha value is -9.94. The first-order chi connectivity index (χ1) is 57.1. The molecule has 10 heterocycles. The molecule has 8 saturated heterocycles. The molecule has 6 amide bonds. The van der Waals surface area contributed by atoms with Gasteiger partial charge in [0.25, 0.3) is 11.8 Å². The smallest absolute Gasteiger partial charge is 0.410 e. The molecule has 10 aliphatic rings. The summed E-state index contributed by atoms with van der Waals surface area (Å²) in [6, 6.07) is 44.9. The number of amides is 6. The molecule has 24 nitrogen and oxygen atoms in total. The van der Waals surface area contributed by atoms with Crippen molar-refractivity contribution in [1.82, 2.24) is 30.2 Å². The Morgan fingerprint density at radius 2 is 0.579 bits per heavy atom. The average molecular weight is 1670 g/mol. The van der Waals surface area contributed by atoms with Crippen molar-refractivity contribution in [3.8, 4) is 34.5 Å². The van der Waals surface area contributed by atoms with Crippen LogP contribution in [-0.4, -0.2) is 192 Å². The van der Waals surface area contributed by atoms with Crippen molar-refractivity contribution in [2.45, 2.75) is 275 Å². The molecule has 6 aromatic rings. The lowest BCUT2D eigenvalue weighted by molar-refractivity contribution is -0.0134. The lowest BCUT2D eigenvalue weighted by Gasteiger charge is -2.45. The van der Waals surface area contributed by atoms with Gasteiger partial charge in [0.2, 0.25) is 0 Å². The monoisotopic (exact) mass is 1670 g/mol. The molecule has 0 spiro atoms. The van der Waals surface area contributed by atoms with Gasteiger partial charge in [-0.25, -0.2) is 19.2 Å². The van der Waals surface area contributed by atoms with Gasteiger partial charge < -0.3 is 87.8 Å². The minimum Gasteiger partial charge on any atom is -0.497 e. The van der Waals surface area contributed by atoms with E-state index >= 15 is 0 Å². The molecule has 0 saturated carbocycles. The second kappa shape index (κ2) is 37.8. The largest absolute Gasteiger partial charge is 0.497 e. The number of aliphatic hydroxyl groups excluding tert-OH is 2. The highest BCUT2D eigenvalue weighted by Gasteiger charge is 2.55. The second-order valence-corrected chi connectivity index (χ2v) is 37.9. The predicted octanol–water partition coefficient (Wildman–Crippen LogP) is 17.5. The normalized spacial score (nSPS) is 26.4. The summed E-state index contributed by atoms with van der Waals surface area (Å²) in [6.07, 6.45) is 10.1. The molecule has 8 fully saturated rings. The number of fused-ring (bicyclic) bond motifs is 10. The van der Waals surface area contributed by atoms with Crippen molar-refractivity contribution in [1.29, 1.82) is 0 Å². The summed E-state index contributed by atoms with van der Waals surface area (Å²) < 4.78 is 56.6. The number of carbonyl (C=O) groups is 6. The van der Waals surface area contributed by atoms with Gasteiger partial charge in [0.1, 0.15) is 56.9 Å². The summed E-state index contributed by atoms with van der Waals surface area (Å²) in [5, 5.41) is 25.8. The lowest BCUT2D eigenvalue weighted by Crippen LogP contribution is -2.53. The van der Waals surface area contributed by atoms with Crippen molar-refractivity contribution >= 4 is 36.2 Å². The summed E-state index contributed by atoms with van der Waals surface area (Å²) in [5.41, 5.74) is 6.12. The third-order valence-electron chi connectivity index (χ3n) is 25.8. The summed E-state index contributed by atoms with van der Waals surface area (Å²) in [6.45, 7) is 24.9. The van der Waals surface area contributed by atoms with E-state index < -0.39 is 22.4 Å². The van der Waals surface area contributed by atoms with Gasteiger partial charge >= 0.3 is 24.4 Å². The molecule has 10 aliphatic heterocycles. The maximum Gasteiger partial charge on any atom is 0.410 e. The molecule has 16 atom stereocenters. The van der Waals surface area contributed by atoms with Gasteiger partial charge in [-0.2, -0.15) is 0 Å². The standard InChI is InChI=1S/2C28H34N2O5.2C20H29NO4.CH4/c2*1-28(2,3)35-27(32)30-19-8-12-25(30)24(22(13-19)17-5-9-20(33-4)10-6-17)16-34-21-11-7-18-15-29-26(31)23(18)14-21;2*1-20(2,3)25-19(23)21-14-7-10-18(21)17(12-22)16(11-14)13-5-8-15(24-4)9-6-13;/h2*5-7,9-11,14,19,22,24-25H,8,12-13,15-16H2,1-4H3,(H,29,31);2*5-6,8-9,14,16-18,22H,7,10-12H2,1-4H3;1H4/t19-,22+,24+,25+;19-,22-,24-,25+;14-,16+,17+,18+;14-,16-,17-,18+;/m1111./s1. The number of ether oxygens (including phenoxy) is 10. The Morgan fingerprint density at radius 1 is 0.347 bits per heavy atom. The number of nitrogens with zero attached hydrogens (tertiary/aromatic N) is 4. The Bertz CT molecular complexity index is 4270. The number of nitrogens with one attached hydrogen (secondary N) is 2. The molecule has 6 aromatic carbocycles. The van der Waals surface area contributed by atoms with Crippen molar-refractivity contribution in [2.75, 3.05) is 54.9 Å². The summed E-state index contributed by atoms with van der Waals surface area (Å²) in [7, 11) is 6.65. The van der Waals surface area contributed by atoms with Crippen LogP contribution in [0.3, 0.4) is 0 Å². The van der Waals surface area contributed by atoms with Gasteiger partial charge in [0.05, 0.1) is 41.7 Å². The number of carbonyl (C=O) groups excluding carboxylic acids is 6. The summed E-state index contributed by atoms with van der Waals surface area (Å²) in [4.78, 5) is 83.7. The average Bonchev–Trinajstić information content (AvgIpc) is 1.64. The van der Waals surface area contributed by atoms with E-state index in [-0.39, 0.29) is 153 Å². The molecule has 0 aliphatic carbocycles. The molecule has 16 rings (SSSR count). The Morgan fingerprint density at radius 3 is 0.810 bits per heavy atom. The minimum atomic E-state index is -0.541. The van der Waals surface area contributed by atoms with Crippen LogP contribution < -0.4 is 39.1 Å². The molecule has 4 N–H and O–H groups in total. The van der Waals surface area contributed by atoms with E-state index in [0.717, 1.165) is 111 Å². The van der Waals surface area contributed by atoms with Crippen LogP contribution in [0.2, 0.25) is 0 Å². The molecule has 0 radical (unpaired) electrons. The zero-order chi connectivity index (χ0) is 85.9. The number of benzene rings is 6. The zero-order valence-electron chi connectivity index (χ0n) is 72.9. The third kappa shape index (κ3) is 20.9. The Labute approximate surface area is 715 Å². The molecule has 0 aromatic heterocycles. The van der Waals surface area contributed by atoms with Crippen molar-refractivity contribution in [3.05, 3.63) is 178 Å². The van der Waals surface area contributed by atoms with Crippen molar-refractivity contribution in [2.24, 2.45) is 23.7 Å². The number of rotatable bonds is 16. The van der Waals surface area contributed by atoms with Crippen LogP contribution in [0.4, 0.5) is 19.2 Å². The highest BCUT2D eigenvalue weighted by molar-refractivity contribution is 5.99. The van der Waals surface area contributed by atoms with Gasteiger partial charge in [-0.3, -0.25) is 9.59 Å². The first-order valence-electron chi connectivity index (χ1n) is 43.0. The topological polar surface area (TPSA) is 272 Å². The number of methoxy groups -OCH3 is 4. The molecule has 656 valence electrons. The van der Waals surface area contributed by atoms with E-state index in [2.05, 4.69) is 59.2 Å². The quantitative estimate of drug-likeness (QED) is 0.0656. The van der Waals surface area contributed by atoms with Gasteiger partial charge in [-0.05, 0) is 290 Å². The number of aliphatic hydroxyl groups is 2. The van der Waals surface area contributed by atoms with Gasteiger partial charge in [-0.15, -0.1) is 0 Å². The van der Waals surface area contributed by atoms with Crippen LogP contribution in [0.15, 0.2) is 133 Å². The van der Waals surface area contributed by atoms with Gasteiger partial charge in [0.15, 0.2) is 0 Å². The lowest BCUT2D eigenvalue weighted by atomic mass is 9.76. The van der Waals surface area contributed by atoms with E-state index in [1.165, 1.54) is 22.3 Å². The van der Waals surface area contributed by atoms with E-state index in [1.807, 2.05) is 188 Å². The second-order valence-electron chi connectivity index (χ2n) is 37.9. The molecule has 121 heavy (non-hydrogen) atoms. The molecular formula is C97H130N6O18. The number of piperidine rings is 4. The van der Waals surface area contributed by atoms with E-state index in [9.17, 15) is 39.0 Å². The van der Waals surface area contributed by atoms with Crippen molar-refractivity contribution in [3.63, 3.8) is 0 Å². The van der Waals surface area contributed by atoms with Crippen LogP contribution in [0.1, 0.15) is 245 Å².